The molecule has 4 N–H and O–H groups in total. The van der Waals surface area contributed by atoms with Gasteiger partial charge in [0.15, 0.2) is 0 Å². The largest absolute Gasteiger partial charge is 0.394 e. The van der Waals surface area contributed by atoms with Crippen LogP contribution in [0.1, 0.15) is 0 Å². The summed E-state index contributed by atoms with van der Waals surface area (Å²) in [6, 6.07) is -0.730. The van der Waals surface area contributed by atoms with Crippen LogP contribution < -0.4 is 5.73 Å². The Kier molecular flexibility index (Phi) is 2.40. The first-order valence-corrected chi connectivity index (χ1v) is 2.64. The molecule has 6 heteroatoms. The summed E-state index contributed by atoms with van der Waals surface area (Å²) < 4.78 is 13.3. The Balaban J connectivity index is 3.32. The van der Waals surface area contributed by atoms with Gasteiger partial charge in [0, 0.05) is 0 Å². The van der Waals surface area contributed by atoms with E-state index in [2.05, 4.69) is 10.3 Å². The summed E-state index contributed by atoms with van der Waals surface area (Å²) in [7, 11) is -3.03. The van der Waals surface area contributed by atoms with Crippen molar-refractivity contribution in [1.82, 2.24) is 0 Å². The van der Waals surface area contributed by atoms with Gasteiger partial charge in [-0.05, 0) is 0 Å². The summed E-state index contributed by atoms with van der Waals surface area (Å²) in [5, 5.41) is 6.25. The lowest BCUT2D eigenvalue weighted by Crippen LogP contribution is -2.09. The predicted octanol–water partition coefficient (Wildman–Crippen LogP) is -0.722. The van der Waals surface area contributed by atoms with E-state index in [4.69, 9.17) is 10.3 Å². The molecule has 0 radical (unpaired) electrons. The normalized spacial score (nSPS) is 12.7. The van der Waals surface area contributed by atoms with Crippen molar-refractivity contribution in [2.75, 3.05) is 0 Å². The van der Waals surface area contributed by atoms with Gasteiger partial charge in [-0.2, -0.15) is 0 Å². The van der Waals surface area contributed by atoms with Crippen molar-refractivity contribution in [2.24, 2.45) is 5.73 Å². The molecular formula is CH5N2O3P. The summed E-state index contributed by atoms with van der Waals surface area (Å²) in [5.41, 5.74) is 4.52. The number of nitrogens with two attached hydrogens (primary N) is 1. The predicted molar refractivity (Wildman–Crippen MR) is 24.2 cm³/mol. The van der Waals surface area contributed by atoms with Crippen molar-refractivity contribution >= 4 is 14.3 Å². The number of nitrogens with one attached hydrogen (secondary N) is 1. The van der Waals surface area contributed by atoms with E-state index in [9.17, 15) is 4.57 Å². The Bertz CT molecular complexity index is 89.1. The van der Waals surface area contributed by atoms with Crippen molar-refractivity contribution in [3.8, 4) is 0 Å². The molecule has 0 saturated carbocycles. The first kappa shape index (κ1) is 6.46. The van der Waals surface area contributed by atoms with Crippen LogP contribution in [0.2, 0.25) is 0 Å². The van der Waals surface area contributed by atoms with Crippen LogP contribution in [0, 0.1) is 5.41 Å². The Labute approximate surface area is 40.6 Å². The van der Waals surface area contributed by atoms with Crippen LogP contribution in [0.4, 0.5) is 0 Å². The van der Waals surface area contributed by atoms with Crippen molar-refractivity contribution in [3.05, 3.63) is 0 Å². The standard InChI is InChI=1S/CH5N2O3P/c2-1(3)6-7(4)5/h7H,(H3,2,3)(H,4,5). The van der Waals surface area contributed by atoms with Gasteiger partial charge in [0.1, 0.15) is 0 Å². The average molecular weight is 124 g/mol. The monoisotopic (exact) mass is 124 g/mol. The Morgan fingerprint density at radius 1 is 2.00 bits per heavy atom. The van der Waals surface area contributed by atoms with Crippen LogP contribution in [-0.2, 0) is 9.09 Å². The zero-order valence-electron chi connectivity index (χ0n) is 3.34. The summed E-state index contributed by atoms with van der Waals surface area (Å²) in [5.74, 6) is 0. The van der Waals surface area contributed by atoms with Crippen molar-refractivity contribution in [2.45, 2.75) is 0 Å². The van der Waals surface area contributed by atoms with Gasteiger partial charge in [0.25, 0.3) is 6.02 Å². The maximum Gasteiger partial charge on any atom is 0.367 e. The number of rotatable bonds is 1. The highest BCUT2D eigenvalue weighted by Gasteiger charge is 1.89. The van der Waals surface area contributed by atoms with E-state index >= 15 is 0 Å². The first-order chi connectivity index (χ1) is 3.13. The third-order valence-electron chi connectivity index (χ3n) is 0.197. The van der Waals surface area contributed by atoms with Gasteiger partial charge in [-0.3, -0.25) is 5.41 Å². The lowest BCUT2D eigenvalue weighted by atomic mass is 11.3. The number of hydrogen-bond donors (Lipinski definition) is 3. The summed E-state index contributed by atoms with van der Waals surface area (Å²) in [6.45, 7) is 0. The smallest absolute Gasteiger partial charge is 0.367 e. The van der Waals surface area contributed by atoms with Gasteiger partial charge >= 0.3 is 8.25 Å². The highest BCUT2D eigenvalue weighted by atomic mass is 31.1. The molecule has 0 spiro atoms. The van der Waals surface area contributed by atoms with Crippen LogP contribution in [0.25, 0.3) is 0 Å². The topological polar surface area (TPSA) is 96.4 Å². The first-order valence-electron chi connectivity index (χ1n) is 1.37. The maximum absolute atomic E-state index is 9.55. The molecule has 0 heterocycles. The molecule has 0 aliphatic heterocycles. The maximum atomic E-state index is 9.55. The van der Waals surface area contributed by atoms with E-state index < -0.39 is 14.3 Å². The van der Waals surface area contributed by atoms with Gasteiger partial charge in [0.2, 0.25) is 0 Å². The minimum Gasteiger partial charge on any atom is -0.394 e. The molecule has 0 aromatic rings. The molecular weight excluding hydrogens is 119 g/mol. The second kappa shape index (κ2) is 2.60. The zero-order valence-corrected chi connectivity index (χ0v) is 4.34. The number of amidine groups is 1. The van der Waals surface area contributed by atoms with Crippen LogP contribution in [0.5, 0.6) is 0 Å². The van der Waals surface area contributed by atoms with Gasteiger partial charge in [-0.15, -0.1) is 0 Å². The molecule has 0 aliphatic rings. The summed E-state index contributed by atoms with van der Waals surface area (Å²) in [6.07, 6.45) is 0. The zero-order chi connectivity index (χ0) is 5.86. The van der Waals surface area contributed by atoms with E-state index in [-0.39, 0.29) is 0 Å². The van der Waals surface area contributed by atoms with Gasteiger partial charge < -0.3 is 15.2 Å². The summed E-state index contributed by atoms with van der Waals surface area (Å²) in [4.78, 5) is 7.83. The van der Waals surface area contributed by atoms with E-state index in [0.29, 0.717) is 0 Å². The van der Waals surface area contributed by atoms with E-state index in [1.807, 2.05) is 0 Å². The quantitative estimate of drug-likeness (QED) is 0.244. The Hall–Kier alpha value is -0.540. The fourth-order valence-electron chi connectivity index (χ4n) is 0.0941. The molecule has 5 nitrogen and oxygen atoms in total. The molecule has 0 aliphatic carbocycles. The molecule has 0 bridgehead atoms. The molecule has 42 valence electrons. The highest BCUT2D eigenvalue weighted by molar-refractivity contribution is 7.32. The van der Waals surface area contributed by atoms with E-state index in [0.717, 1.165) is 0 Å². The lowest BCUT2D eigenvalue weighted by molar-refractivity contribution is 0.402. The summed E-state index contributed by atoms with van der Waals surface area (Å²) >= 11 is 0. The molecule has 0 rings (SSSR count). The fraction of sp³-hybridized carbons (Fsp3) is 0. The molecule has 1 atom stereocenters. The molecule has 7 heavy (non-hydrogen) atoms. The molecule has 0 amide bonds. The molecule has 0 aromatic carbocycles. The van der Waals surface area contributed by atoms with E-state index in [1.165, 1.54) is 0 Å². The Morgan fingerprint density at radius 3 is 2.43 bits per heavy atom. The van der Waals surface area contributed by atoms with E-state index in [1.54, 1.807) is 0 Å². The van der Waals surface area contributed by atoms with Gasteiger partial charge in [-0.1, -0.05) is 0 Å². The minimum atomic E-state index is -3.03. The van der Waals surface area contributed by atoms with Crippen LogP contribution in [-0.4, -0.2) is 10.9 Å². The fourth-order valence-corrected chi connectivity index (χ4v) is 0.282. The van der Waals surface area contributed by atoms with Crippen LogP contribution >= 0.6 is 8.25 Å². The minimum absolute atomic E-state index is 0.730. The SMILES string of the molecule is N=C(N)O[PH](=O)O. The van der Waals surface area contributed by atoms with Crippen molar-refractivity contribution in [3.63, 3.8) is 0 Å². The molecule has 0 saturated heterocycles. The van der Waals surface area contributed by atoms with Gasteiger partial charge in [-0.25, -0.2) is 4.57 Å². The third-order valence-corrected chi connectivity index (χ3v) is 0.592. The number of hydrogen-bond acceptors (Lipinski definition) is 3. The second-order valence-corrected chi connectivity index (χ2v) is 1.47. The highest BCUT2D eigenvalue weighted by Crippen LogP contribution is 2.12. The lowest BCUT2D eigenvalue weighted by Gasteiger charge is -1.92. The third kappa shape index (κ3) is 5.46. The second-order valence-electron chi connectivity index (χ2n) is 0.732. The van der Waals surface area contributed by atoms with Gasteiger partial charge in [0.05, 0.1) is 0 Å². The average Bonchev–Trinajstić information content (AvgIpc) is 1.27. The van der Waals surface area contributed by atoms with Crippen LogP contribution in [0.3, 0.4) is 0 Å². The van der Waals surface area contributed by atoms with Crippen molar-refractivity contribution < 1.29 is 14.0 Å². The van der Waals surface area contributed by atoms with Crippen molar-refractivity contribution in [1.29, 1.82) is 5.41 Å². The Morgan fingerprint density at radius 2 is 2.43 bits per heavy atom. The molecule has 0 aromatic heterocycles. The molecule has 1 unspecified atom stereocenters. The molecule has 0 fully saturated rings. The van der Waals surface area contributed by atoms with Crippen LogP contribution in [0.15, 0.2) is 0 Å².